The molecule has 44 heavy (non-hydrogen) atoms. The van der Waals surface area contributed by atoms with Crippen molar-refractivity contribution >= 4 is 51.9 Å². The molecule has 3 aromatic carbocycles. The monoisotopic (exact) mass is 611 g/mol. The minimum atomic E-state index is -0.868. The molecule has 0 aliphatic carbocycles. The third kappa shape index (κ3) is 6.32. The highest BCUT2D eigenvalue weighted by Gasteiger charge is 2.39. The molecule has 0 spiro atoms. The van der Waals surface area contributed by atoms with Crippen molar-refractivity contribution in [1.82, 2.24) is 9.88 Å². The summed E-state index contributed by atoms with van der Waals surface area (Å²) in [6, 6.07) is 20.6. The second-order valence-electron chi connectivity index (χ2n) is 10.5. The van der Waals surface area contributed by atoms with Gasteiger partial charge in [0.15, 0.2) is 0 Å². The number of ketones is 1. The molecule has 226 valence electrons. The third-order valence-electron chi connectivity index (χ3n) is 7.45. The summed E-state index contributed by atoms with van der Waals surface area (Å²) in [4.78, 5) is 62.5. The Morgan fingerprint density at radius 1 is 1.00 bits per heavy atom. The van der Waals surface area contributed by atoms with E-state index >= 15 is 0 Å². The van der Waals surface area contributed by atoms with Crippen molar-refractivity contribution in [2.75, 3.05) is 42.9 Å². The lowest BCUT2D eigenvalue weighted by atomic mass is 10.1. The Balaban J connectivity index is 1.42. The van der Waals surface area contributed by atoms with E-state index in [1.807, 2.05) is 67.7 Å². The predicted molar refractivity (Wildman–Crippen MR) is 171 cm³/mol. The summed E-state index contributed by atoms with van der Waals surface area (Å²) in [5.41, 5.74) is 3.82. The van der Waals surface area contributed by atoms with Crippen molar-refractivity contribution in [2.45, 2.75) is 25.9 Å². The first kappa shape index (κ1) is 30.4. The van der Waals surface area contributed by atoms with E-state index in [0.717, 1.165) is 22.7 Å². The van der Waals surface area contributed by atoms with Gasteiger partial charge in [0.2, 0.25) is 11.8 Å². The fourth-order valence-electron chi connectivity index (χ4n) is 5.04. The number of Topliss-reactive ketones (excluding diaryl/α,β-unsaturated/α-hetero) is 1. The number of aromatic nitrogens is 1. The summed E-state index contributed by atoms with van der Waals surface area (Å²) in [5.74, 6) is -1.54. The number of carbonyl (C=O) groups is 4. The molecule has 0 radical (unpaired) electrons. The highest BCUT2D eigenvalue weighted by atomic mass is 32.1. The molecule has 3 amide bonds. The number of amides is 3. The molecule has 1 atom stereocenters. The molecular formula is C33H33N5O5S. The lowest BCUT2D eigenvalue weighted by molar-refractivity contribution is -0.138. The van der Waals surface area contributed by atoms with Gasteiger partial charge in [-0.1, -0.05) is 19.1 Å². The first-order valence-electron chi connectivity index (χ1n) is 14.1. The van der Waals surface area contributed by atoms with Crippen LogP contribution in [0.25, 0.3) is 11.3 Å². The van der Waals surface area contributed by atoms with E-state index in [1.165, 1.54) is 21.1 Å². The van der Waals surface area contributed by atoms with E-state index in [4.69, 9.17) is 9.72 Å². The highest BCUT2D eigenvalue weighted by molar-refractivity contribution is 7.09. The largest absolute Gasteiger partial charge is 0.497 e. The molecule has 0 fully saturated rings. The normalized spacial score (nSPS) is 13.0. The van der Waals surface area contributed by atoms with Crippen molar-refractivity contribution in [3.63, 3.8) is 0 Å². The van der Waals surface area contributed by atoms with E-state index in [2.05, 4.69) is 5.32 Å². The Kier molecular flexibility index (Phi) is 9.05. The van der Waals surface area contributed by atoms with Crippen LogP contribution >= 0.6 is 11.3 Å². The van der Waals surface area contributed by atoms with Crippen LogP contribution in [0.15, 0.2) is 78.2 Å². The Hall–Kier alpha value is -5.03. The van der Waals surface area contributed by atoms with E-state index in [-0.39, 0.29) is 24.6 Å². The topological polar surface area (TPSA) is 112 Å². The van der Waals surface area contributed by atoms with Crippen LogP contribution in [0.3, 0.4) is 0 Å². The molecule has 1 aliphatic rings. The molecule has 1 aromatic heterocycles. The van der Waals surface area contributed by atoms with E-state index < -0.39 is 23.6 Å². The molecule has 2 heterocycles. The van der Waals surface area contributed by atoms with Gasteiger partial charge < -0.3 is 19.9 Å². The second kappa shape index (κ2) is 13.1. The Labute approximate surface area is 259 Å². The second-order valence-corrected chi connectivity index (χ2v) is 11.4. The van der Waals surface area contributed by atoms with Crippen LogP contribution in [0.5, 0.6) is 5.75 Å². The zero-order valence-corrected chi connectivity index (χ0v) is 25.8. The number of ether oxygens (including phenoxy) is 1. The number of benzene rings is 3. The Bertz CT molecular complexity index is 1680. The summed E-state index contributed by atoms with van der Waals surface area (Å²) in [6.45, 7) is 1.48. The molecule has 4 aromatic rings. The van der Waals surface area contributed by atoms with Gasteiger partial charge in [-0.25, -0.2) is 4.98 Å². The molecule has 10 nitrogen and oxygen atoms in total. The van der Waals surface area contributed by atoms with Gasteiger partial charge in [-0.05, 0) is 67.1 Å². The van der Waals surface area contributed by atoms with Crippen molar-refractivity contribution in [3.05, 3.63) is 88.7 Å². The summed E-state index contributed by atoms with van der Waals surface area (Å²) < 4.78 is 5.25. The molecule has 1 unspecified atom stereocenters. The van der Waals surface area contributed by atoms with Crippen LogP contribution in [-0.2, 0) is 20.9 Å². The van der Waals surface area contributed by atoms with Gasteiger partial charge in [-0.15, -0.1) is 11.3 Å². The van der Waals surface area contributed by atoms with E-state index in [9.17, 15) is 19.2 Å². The number of nitrogens with zero attached hydrogens (tertiary/aromatic N) is 4. The lowest BCUT2D eigenvalue weighted by Crippen LogP contribution is -2.50. The Morgan fingerprint density at radius 3 is 2.36 bits per heavy atom. The van der Waals surface area contributed by atoms with Crippen LogP contribution in [-0.4, -0.2) is 67.2 Å². The molecule has 1 aliphatic heterocycles. The minimum Gasteiger partial charge on any atom is -0.497 e. The average Bonchev–Trinajstić information content (AvgIpc) is 3.60. The van der Waals surface area contributed by atoms with Crippen LogP contribution in [0.4, 0.5) is 17.1 Å². The van der Waals surface area contributed by atoms with Gasteiger partial charge in [0, 0.05) is 36.4 Å². The van der Waals surface area contributed by atoms with Gasteiger partial charge >= 0.3 is 0 Å². The summed E-state index contributed by atoms with van der Waals surface area (Å²) in [5, 5.41) is 5.45. The highest BCUT2D eigenvalue weighted by Crippen LogP contribution is 2.30. The number of para-hydroxylation sites is 1. The van der Waals surface area contributed by atoms with Gasteiger partial charge in [0.1, 0.15) is 23.3 Å². The van der Waals surface area contributed by atoms with Gasteiger partial charge in [0.05, 0.1) is 30.6 Å². The van der Waals surface area contributed by atoms with Crippen molar-refractivity contribution in [1.29, 1.82) is 0 Å². The maximum Gasteiger partial charge on any atom is 0.299 e. The minimum absolute atomic E-state index is 0.0444. The van der Waals surface area contributed by atoms with Crippen LogP contribution in [0.1, 0.15) is 28.7 Å². The Morgan fingerprint density at radius 2 is 1.70 bits per heavy atom. The van der Waals surface area contributed by atoms with Crippen molar-refractivity contribution in [2.24, 2.45) is 0 Å². The van der Waals surface area contributed by atoms with Crippen molar-refractivity contribution < 1.29 is 23.9 Å². The number of hydrogen-bond donors (Lipinski definition) is 1. The number of methoxy groups -OCH3 is 1. The van der Waals surface area contributed by atoms with Crippen LogP contribution in [0.2, 0.25) is 0 Å². The molecule has 0 bridgehead atoms. The number of carbonyl (C=O) groups excluding carboxylic acids is 4. The molecule has 11 heteroatoms. The first-order chi connectivity index (χ1) is 21.2. The number of anilines is 3. The molecule has 5 rings (SSSR count). The standard InChI is InChI=1S/C33H33N5O5S/c1-5-27(32(41)34-22-12-14-23(15-13-22)36(2)3)37(18-29-35-26(20-44-29)21-10-16-24(43-4)17-11-21)30(39)19-38-28-9-7-6-8-25(28)31(40)33(38)42/h6-17,20,27H,5,18-19H2,1-4H3,(H,34,41). The van der Waals surface area contributed by atoms with Gasteiger partial charge in [-0.3, -0.25) is 24.1 Å². The quantitative estimate of drug-likeness (QED) is 0.241. The van der Waals surface area contributed by atoms with Gasteiger partial charge in [0.25, 0.3) is 11.7 Å². The number of fused-ring (bicyclic) bond motifs is 1. The number of hydrogen-bond acceptors (Lipinski definition) is 8. The lowest BCUT2D eigenvalue weighted by Gasteiger charge is -2.31. The van der Waals surface area contributed by atoms with E-state index in [0.29, 0.717) is 22.8 Å². The number of nitrogens with one attached hydrogen (secondary N) is 1. The maximum absolute atomic E-state index is 14.0. The zero-order valence-electron chi connectivity index (χ0n) is 24.9. The van der Waals surface area contributed by atoms with Crippen LogP contribution < -0.4 is 19.9 Å². The molecule has 0 saturated heterocycles. The third-order valence-corrected chi connectivity index (χ3v) is 8.29. The number of rotatable bonds is 11. The first-order valence-corrected chi connectivity index (χ1v) is 15.0. The van der Waals surface area contributed by atoms with Gasteiger partial charge in [-0.2, -0.15) is 0 Å². The summed E-state index contributed by atoms with van der Waals surface area (Å²) >= 11 is 1.37. The zero-order chi connectivity index (χ0) is 31.4. The molecular weight excluding hydrogens is 578 g/mol. The summed E-state index contributed by atoms with van der Waals surface area (Å²) in [7, 11) is 5.46. The number of thiazole rings is 1. The van der Waals surface area contributed by atoms with Crippen LogP contribution in [0, 0.1) is 0 Å². The molecule has 1 N–H and O–H groups in total. The maximum atomic E-state index is 14.0. The van der Waals surface area contributed by atoms with Crippen molar-refractivity contribution in [3.8, 4) is 17.0 Å². The molecule has 0 saturated carbocycles. The fraction of sp³-hybridized carbons (Fsp3) is 0.242. The fourth-order valence-corrected chi connectivity index (χ4v) is 5.84. The smallest absolute Gasteiger partial charge is 0.299 e. The average molecular weight is 612 g/mol. The predicted octanol–water partition coefficient (Wildman–Crippen LogP) is 4.86. The van der Waals surface area contributed by atoms with E-state index in [1.54, 1.807) is 43.5 Å². The SMILES string of the molecule is CCC(C(=O)Nc1ccc(N(C)C)cc1)N(Cc1nc(-c2ccc(OC)cc2)cs1)C(=O)CN1C(=O)C(=O)c2ccccc21. The summed E-state index contributed by atoms with van der Waals surface area (Å²) in [6.07, 6.45) is 0.313.